The lowest BCUT2D eigenvalue weighted by atomic mass is 10.2. The van der Waals surface area contributed by atoms with Gasteiger partial charge in [-0.3, -0.25) is 49.8 Å². The molecular formula is C65H81BrCl3N27O10. The van der Waals surface area contributed by atoms with E-state index in [1.807, 2.05) is 46.4 Å². The van der Waals surface area contributed by atoms with Crippen LogP contribution in [-0.2, 0) is 23.7 Å². The monoisotopic (exact) mass is 1580 g/mol. The van der Waals surface area contributed by atoms with Crippen molar-refractivity contribution in [1.82, 2.24) is 95.9 Å². The van der Waals surface area contributed by atoms with Gasteiger partial charge in [0.1, 0.15) is 11.5 Å². The van der Waals surface area contributed by atoms with Gasteiger partial charge in [0, 0.05) is 137 Å². The molecule has 8 aliphatic rings. The maximum atomic E-state index is 11.7. The van der Waals surface area contributed by atoms with Gasteiger partial charge in [-0.15, -0.1) is 0 Å². The quantitative estimate of drug-likeness (QED) is 0.0486. The molecule has 0 unspecified atom stereocenters. The third-order valence-corrected chi connectivity index (χ3v) is 18.5. The summed E-state index contributed by atoms with van der Waals surface area (Å²) in [5, 5.41) is 41.5. The van der Waals surface area contributed by atoms with Crippen LogP contribution < -0.4 is 74.7 Å². The number of nitrogens with zero attached hydrogens (tertiary/aromatic N) is 13. The average molecular weight is 1590 g/mol. The van der Waals surface area contributed by atoms with Gasteiger partial charge in [-0.1, -0.05) is 11.6 Å². The molecule has 18 rings (SSSR count). The van der Waals surface area contributed by atoms with Crippen molar-refractivity contribution in [3.63, 3.8) is 0 Å². The summed E-state index contributed by atoms with van der Waals surface area (Å²) in [4.78, 5) is 97.5. The second-order valence-corrected chi connectivity index (χ2v) is 26.8. The minimum atomic E-state index is -0.497. The zero-order valence-electron chi connectivity index (χ0n) is 57.5. The number of halogens is 4. The van der Waals surface area contributed by atoms with Crippen molar-refractivity contribution in [2.45, 2.75) is 56.3 Å². The fourth-order valence-corrected chi connectivity index (χ4v) is 12.0. The number of benzene rings is 1. The first-order chi connectivity index (χ1) is 51.6. The summed E-state index contributed by atoms with van der Waals surface area (Å²) >= 11 is 20.4. The number of nitrogens with two attached hydrogens (primary N) is 1. The number of aromatic amines is 9. The molecule has 41 heteroatoms. The third-order valence-electron chi connectivity index (χ3n) is 17.2. The molecule has 1 aromatic carbocycles. The van der Waals surface area contributed by atoms with Crippen LogP contribution in [0.1, 0.15) is 73.4 Å². The first-order valence-corrected chi connectivity index (χ1v) is 36.4. The topological polar surface area (TPSA) is 477 Å². The highest BCUT2D eigenvalue weighted by molar-refractivity contribution is 9.10. The number of rotatable bonds is 13. The van der Waals surface area contributed by atoms with E-state index in [9.17, 15) is 24.0 Å². The fraction of sp³-hybridized carbons (Fsp3) is 0.446. The molecule has 5 aliphatic heterocycles. The number of nitrogens with one attached hydrogen (secondary N) is 13. The van der Waals surface area contributed by atoms with Gasteiger partial charge in [-0.05, 0) is 95.9 Å². The summed E-state index contributed by atoms with van der Waals surface area (Å²) in [6, 6.07) is 11.4. The van der Waals surface area contributed by atoms with Crippen molar-refractivity contribution < 1.29 is 23.7 Å². The van der Waals surface area contributed by atoms with Crippen LogP contribution in [0.3, 0.4) is 0 Å². The van der Waals surface area contributed by atoms with Gasteiger partial charge in [-0.25, -0.2) is 29.5 Å². The number of morpholine rings is 5. The number of H-pyrrole nitrogens is 9. The molecule has 564 valence electrons. The number of nitrogen functional groups attached to an aromatic ring is 1. The smallest absolute Gasteiger partial charge is 0.325 e. The zero-order chi connectivity index (χ0) is 73.7. The summed E-state index contributed by atoms with van der Waals surface area (Å²) in [5.74, 6) is 5.85. The van der Waals surface area contributed by atoms with Crippen LogP contribution in [0, 0.1) is 0 Å². The molecule has 8 fully saturated rings. The molecule has 5 saturated heterocycles. The molecule has 0 spiro atoms. The first kappa shape index (κ1) is 75.9. The Morgan fingerprint density at radius 1 is 0.481 bits per heavy atom. The van der Waals surface area contributed by atoms with Crippen LogP contribution in [0.4, 0.5) is 63.5 Å². The van der Waals surface area contributed by atoms with Crippen LogP contribution in [-0.4, -0.2) is 222 Å². The third kappa shape index (κ3) is 22.4. The number of ether oxygens (including phenoxy) is 5. The highest BCUT2D eigenvalue weighted by Crippen LogP contribution is 2.42. The second-order valence-electron chi connectivity index (χ2n) is 25.0. The van der Waals surface area contributed by atoms with Gasteiger partial charge in [0.15, 0.2) is 28.4 Å². The van der Waals surface area contributed by atoms with E-state index in [1.54, 1.807) is 18.5 Å². The Morgan fingerprint density at radius 3 is 1.42 bits per heavy atom. The normalized spacial score (nSPS) is 17.0. The lowest BCUT2D eigenvalue weighted by Crippen LogP contribution is -2.40. The van der Waals surface area contributed by atoms with Crippen molar-refractivity contribution in [2.24, 2.45) is 0 Å². The van der Waals surface area contributed by atoms with Crippen molar-refractivity contribution >= 4 is 125 Å². The Bertz CT molecular complexity index is 4760. The summed E-state index contributed by atoms with van der Waals surface area (Å²) in [5.41, 5.74) is 11.7. The summed E-state index contributed by atoms with van der Waals surface area (Å²) in [6.45, 7) is 15.4. The zero-order valence-corrected chi connectivity index (χ0v) is 61.3. The molecule has 3 saturated carbocycles. The second kappa shape index (κ2) is 37.5. The minimum absolute atomic E-state index is 0.145. The van der Waals surface area contributed by atoms with E-state index < -0.39 is 16.9 Å². The molecule has 0 atom stereocenters. The Hall–Kier alpha value is -9.77. The van der Waals surface area contributed by atoms with E-state index in [1.165, 1.54) is 62.3 Å². The van der Waals surface area contributed by atoms with Gasteiger partial charge in [0.2, 0.25) is 16.5 Å². The highest BCUT2D eigenvalue weighted by Gasteiger charge is 2.29. The Balaban J connectivity index is 0.000000124. The van der Waals surface area contributed by atoms with Crippen molar-refractivity contribution in [1.29, 1.82) is 0 Å². The molecule has 3 aliphatic carbocycles. The van der Waals surface area contributed by atoms with E-state index in [-0.39, 0.29) is 21.7 Å². The Morgan fingerprint density at radius 2 is 0.943 bits per heavy atom. The molecule has 106 heavy (non-hydrogen) atoms. The number of hydrogen-bond donors (Lipinski definition) is 14. The maximum Gasteiger partial charge on any atom is 0.325 e. The van der Waals surface area contributed by atoms with Crippen LogP contribution >= 0.6 is 50.7 Å². The van der Waals surface area contributed by atoms with E-state index in [2.05, 4.69) is 133 Å². The number of anilines is 11. The van der Waals surface area contributed by atoms with E-state index >= 15 is 0 Å². The number of hydrogen-bond acceptors (Lipinski definition) is 28. The van der Waals surface area contributed by atoms with Gasteiger partial charge >= 0.3 is 11.4 Å². The summed E-state index contributed by atoms with van der Waals surface area (Å²) < 4.78 is 26.6. The highest BCUT2D eigenvalue weighted by atomic mass is 79.9. The van der Waals surface area contributed by atoms with Crippen molar-refractivity contribution in [3.8, 4) is 0 Å². The summed E-state index contributed by atoms with van der Waals surface area (Å²) in [7, 11) is 0. The fourth-order valence-electron chi connectivity index (χ4n) is 11.2. The molecule has 0 amide bonds. The summed E-state index contributed by atoms with van der Waals surface area (Å²) in [6.07, 6.45) is 15.4. The SMILES string of the molecule is C1COCCN1.Clc1ncc(N2CCOCC2)c(Cl)n1.Clc1ncc(N2CCOCC2)c(Nc2cc(C3CC3)[nH]n2)n1.Nc1cc(C2CC2)[nH]n1.O=c1[nH][nH]c2cc(Nc3ncc(N4CCOCC4)c(Nc4cc(C5CC5)[nH]n4)n3)ccc12.O=c1[nH]cc(Br)c(=O)[nH]1.O=c1[nH]cc(N2CCOCC2)c(=O)[nH]1. The van der Waals surface area contributed by atoms with E-state index in [4.69, 9.17) is 69.2 Å². The van der Waals surface area contributed by atoms with Crippen LogP contribution in [0.25, 0.3) is 10.9 Å². The van der Waals surface area contributed by atoms with Crippen molar-refractivity contribution in [2.75, 3.05) is 173 Å². The average Bonchev–Trinajstić information content (AvgIpc) is 1.42. The van der Waals surface area contributed by atoms with Gasteiger partial charge in [0.25, 0.3) is 16.7 Å². The molecule has 10 aromatic rings. The molecule has 0 radical (unpaired) electrons. The molecule has 15 N–H and O–H groups in total. The maximum absolute atomic E-state index is 11.7. The molecule has 0 bridgehead atoms. The van der Waals surface area contributed by atoms with Gasteiger partial charge < -0.3 is 80.3 Å². The first-order valence-electron chi connectivity index (χ1n) is 34.5. The van der Waals surface area contributed by atoms with Gasteiger partial charge in [-0.2, -0.15) is 25.3 Å². The largest absolute Gasteiger partial charge is 0.382 e. The van der Waals surface area contributed by atoms with E-state index in [0.29, 0.717) is 127 Å². The van der Waals surface area contributed by atoms with Crippen molar-refractivity contribution in [3.05, 3.63) is 157 Å². The predicted molar refractivity (Wildman–Crippen MR) is 405 cm³/mol. The van der Waals surface area contributed by atoms with Crippen LogP contribution in [0.15, 0.2) is 95.8 Å². The number of aromatic nitrogens is 18. The standard InChI is InChI=1S/C21H23N9O2.C14H17ClN6O.C8H9Cl2N3O.C8H11N3O3.C6H9N3.C4H3BrN2O2.C4H9NO/c31-20-14-4-3-13(9-16(14)27-29-20)23-21-22-11-17(30-5-7-32-8-6-30)19(25-21)24-18-10-15(26-28-18)12-1-2-12;15-14-16-8-11(21-3-5-22-6-4-21)13(18-14)17-12-7-10(19-20-12)9-1-2-9;9-7-6(5-11-8(10)12-7)13-1-3-14-4-2-13;12-7-6(5-9-8(13)10-7)11-1-3-14-4-2-11;7-6-3-5(8-9-6)4-1-2-4;5-2-1-6-4(9)7-3(2)8;1-3-6-4-2-5-1/h3-4,9-12H,1-2,5-8H2,(H2,27,29,31)(H3,22,23,24,25,26,28);7-9H,1-6H2,(H2,16,17,18,19,20);5H,1-4H2;5H,1-4H2,(H2,9,10,12,13);3-4H,1-2H2,(H3,7,8,9);1H,(H2,6,7,8,9);5H,1-4H2. The molecule has 14 heterocycles. The van der Waals surface area contributed by atoms with Crippen LogP contribution in [0.5, 0.6) is 0 Å². The molecule has 37 nitrogen and oxygen atoms in total. The Kier molecular flexibility index (Phi) is 26.8. The lowest BCUT2D eigenvalue weighted by molar-refractivity contribution is 0.109. The number of fused-ring (bicyclic) bond motifs is 1. The van der Waals surface area contributed by atoms with Gasteiger partial charge in [0.05, 0.1) is 117 Å². The van der Waals surface area contributed by atoms with E-state index in [0.717, 1.165) is 112 Å². The molecule has 9 aromatic heterocycles. The minimum Gasteiger partial charge on any atom is -0.382 e. The predicted octanol–water partition coefficient (Wildman–Crippen LogP) is 5.70. The Labute approximate surface area is 627 Å². The molecular weight excluding hydrogens is 1510 g/mol. The lowest BCUT2D eigenvalue weighted by Gasteiger charge is -2.29. The van der Waals surface area contributed by atoms with Crippen LogP contribution in [0.2, 0.25) is 15.7 Å².